The summed E-state index contributed by atoms with van der Waals surface area (Å²) in [6.45, 7) is 7.48. The van der Waals surface area contributed by atoms with E-state index in [2.05, 4.69) is 25.2 Å². The average molecular weight is 361 g/mol. The zero-order valence-electron chi connectivity index (χ0n) is 14.8. The van der Waals surface area contributed by atoms with E-state index in [0.717, 1.165) is 35.8 Å². The first-order chi connectivity index (χ1) is 11.9. The molecule has 1 aliphatic heterocycles. The molecule has 1 fully saturated rings. The molecule has 8 heteroatoms. The van der Waals surface area contributed by atoms with Crippen LogP contribution in [0.4, 0.5) is 0 Å². The van der Waals surface area contributed by atoms with E-state index < -0.39 is 5.54 Å². The van der Waals surface area contributed by atoms with Crippen molar-refractivity contribution in [1.29, 1.82) is 0 Å². The number of hydrogen-bond acceptors (Lipinski definition) is 6. The minimum atomic E-state index is -0.465. The van der Waals surface area contributed by atoms with Crippen LogP contribution >= 0.6 is 11.3 Å². The van der Waals surface area contributed by atoms with E-state index in [9.17, 15) is 9.59 Å². The Labute approximate surface area is 150 Å². The highest BCUT2D eigenvalue weighted by Crippen LogP contribution is 2.34. The van der Waals surface area contributed by atoms with Crippen LogP contribution in [0.15, 0.2) is 16.2 Å². The van der Waals surface area contributed by atoms with Crippen LogP contribution in [0.1, 0.15) is 42.5 Å². The topological polar surface area (TPSA) is 91.0 Å². The second-order valence-corrected chi connectivity index (χ2v) is 7.41. The van der Waals surface area contributed by atoms with Gasteiger partial charge in [0.25, 0.3) is 5.56 Å². The van der Waals surface area contributed by atoms with Gasteiger partial charge in [-0.05, 0) is 19.8 Å². The smallest absolute Gasteiger partial charge is 0.251 e. The molecule has 134 valence electrons. The number of rotatable bonds is 5. The maximum absolute atomic E-state index is 11.8. The second-order valence-electron chi connectivity index (χ2n) is 6.55. The van der Waals surface area contributed by atoms with Crippen LogP contribution in [0.2, 0.25) is 0 Å². The number of thiazole rings is 1. The summed E-state index contributed by atoms with van der Waals surface area (Å²) in [7, 11) is 0. The van der Waals surface area contributed by atoms with Gasteiger partial charge in [-0.3, -0.25) is 14.5 Å². The number of nitrogens with one attached hydrogen (secondary N) is 2. The molecule has 1 aliphatic rings. The fourth-order valence-electron chi connectivity index (χ4n) is 3.30. The molecule has 3 rings (SSSR count). The highest BCUT2D eigenvalue weighted by atomic mass is 32.1. The molecule has 1 saturated heterocycles. The number of likely N-dealkylation sites (tertiary alicyclic amines) is 1. The molecule has 0 aliphatic carbocycles. The van der Waals surface area contributed by atoms with E-state index in [0.29, 0.717) is 18.9 Å². The fourth-order valence-corrected chi connectivity index (χ4v) is 4.27. The monoisotopic (exact) mass is 361 g/mol. The van der Waals surface area contributed by atoms with E-state index in [-0.39, 0.29) is 11.5 Å². The standard InChI is InChI=1S/C17H23N5O2S/c1-4-13-7-15(24)20-14(19-13)8-22-6-5-17(10-22,21-12(3)23)16-18-11(2)9-25-16/h7,9H,4-6,8,10H2,1-3H3,(H,21,23)(H,19,20,24). The fraction of sp³-hybridized carbons (Fsp3) is 0.529. The molecular formula is C17H23N5O2S. The molecule has 3 heterocycles. The van der Waals surface area contributed by atoms with Gasteiger partial charge in [0, 0.05) is 42.8 Å². The summed E-state index contributed by atoms with van der Waals surface area (Å²) in [6, 6.07) is 1.54. The Morgan fingerprint density at radius 1 is 1.48 bits per heavy atom. The van der Waals surface area contributed by atoms with Crippen molar-refractivity contribution in [3.05, 3.63) is 44.0 Å². The lowest BCUT2D eigenvalue weighted by atomic mass is 9.99. The van der Waals surface area contributed by atoms with Gasteiger partial charge in [0.1, 0.15) is 16.4 Å². The normalized spacial score (nSPS) is 20.8. The molecule has 7 nitrogen and oxygen atoms in total. The summed E-state index contributed by atoms with van der Waals surface area (Å²) in [5.74, 6) is 0.604. The first kappa shape index (κ1) is 17.8. The predicted molar refractivity (Wildman–Crippen MR) is 96.5 cm³/mol. The van der Waals surface area contributed by atoms with Crippen LogP contribution in [0.3, 0.4) is 0 Å². The molecule has 1 atom stereocenters. The van der Waals surface area contributed by atoms with Gasteiger partial charge in [0.05, 0.1) is 6.54 Å². The third-order valence-corrected chi connectivity index (χ3v) is 5.54. The summed E-state index contributed by atoms with van der Waals surface area (Å²) in [5, 5.41) is 6.05. The van der Waals surface area contributed by atoms with E-state index >= 15 is 0 Å². The van der Waals surface area contributed by atoms with Gasteiger partial charge >= 0.3 is 0 Å². The summed E-state index contributed by atoms with van der Waals surface area (Å²) in [6.07, 6.45) is 1.52. The van der Waals surface area contributed by atoms with Crippen LogP contribution in [-0.4, -0.2) is 38.8 Å². The third-order valence-electron chi connectivity index (χ3n) is 4.37. The number of hydrogen-bond donors (Lipinski definition) is 2. The first-order valence-corrected chi connectivity index (χ1v) is 9.31. The molecule has 0 spiro atoms. The van der Waals surface area contributed by atoms with E-state index in [1.807, 2.05) is 19.2 Å². The lowest BCUT2D eigenvalue weighted by Crippen LogP contribution is -2.47. The van der Waals surface area contributed by atoms with Crippen molar-refractivity contribution in [2.75, 3.05) is 13.1 Å². The van der Waals surface area contributed by atoms with Crippen LogP contribution in [0.5, 0.6) is 0 Å². The minimum Gasteiger partial charge on any atom is -0.343 e. The Morgan fingerprint density at radius 2 is 2.28 bits per heavy atom. The van der Waals surface area contributed by atoms with Crippen LogP contribution < -0.4 is 10.9 Å². The number of aromatic nitrogens is 3. The van der Waals surface area contributed by atoms with Crippen LogP contribution in [-0.2, 0) is 23.3 Å². The maximum Gasteiger partial charge on any atom is 0.251 e. The number of aryl methyl sites for hydroxylation is 2. The van der Waals surface area contributed by atoms with Gasteiger partial charge < -0.3 is 10.3 Å². The highest BCUT2D eigenvalue weighted by Gasteiger charge is 2.42. The van der Waals surface area contributed by atoms with Crippen molar-refractivity contribution in [3.63, 3.8) is 0 Å². The molecule has 0 aromatic carbocycles. The number of amides is 1. The predicted octanol–water partition coefficient (Wildman–Crippen LogP) is 1.33. The number of nitrogens with zero attached hydrogens (tertiary/aromatic N) is 3. The van der Waals surface area contributed by atoms with E-state index in [1.165, 1.54) is 13.0 Å². The van der Waals surface area contributed by atoms with Gasteiger partial charge in [-0.1, -0.05) is 6.92 Å². The van der Waals surface area contributed by atoms with Crippen molar-refractivity contribution in [1.82, 2.24) is 25.2 Å². The van der Waals surface area contributed by atoms with Crippen molar-refractivity contribution < 1.29 is 4.79 Å². The minimum absolute atomic E-state index is 0.0609. The molecule has 2 N–H and O–H groups in total. The lowest BCUT2D eigenvalue weighted by Gasteiger charge is -2.28. The maximum atomic E-state index is 11.8. The Morgan fingerprint density at radius 3 is 2.92 bits per heavy atom. The molecule has 0 radical (unpaired) electrons. The highest BCUT2D eigenvalue weighted by molar-refractivity contribution is 7.09. The SMILES string of the molecule is CCc1cc(=O)[nH]c(CN2CCC(NC(C)=O)(c3nc(C)cs3)C2)n1. The number of H-pyrrole nitrogens is 1. The molecule has 1 amide bonds. The molecule has 2 aromatic rings. The molecule has 1 unspecified atom stereocenters. The largest absolute Gasteiger partial charge is 0.343 e. The van der Waals surface area contributed by atoms with Gasteiger partial charge in [0.15, 0.2) is 0 Å². The molecular weight excluding hydrogens is 338 g/mol. The summed E-state index contributed by atoms with van der Waals surface area (Å²) < 4.78 is 0. The van der Waals surface area contributed by atoms with Gasteiger partial charge in [-0.25, -0.2) is 9.97 Å². The number of aromatic amines is 1. The quantitative estimate of drug-likeness (QED) is 0.838. The Hall–Kier alpha value is -2.06. The first-order valence-electron chi connectivity index (χ1n) is 8.43. The number of carbonyl (C=O) groups excluding carboxylic acids is 1. The average Bonchev–Trinajstić information content (AvgIpc) is 3.14. The Kier molecular flexibility index (Phi) is 5.01. The molecule has 25 heavy (non-hydrogen) atoms. The second kappa shape index (κ2) is 7.05. The van der Waals surface area contributed by atoms with Gasteiger partial charge in [-0.2, -0.15) is 0 Å². The van der Waals surface area contributed by atoms with Crippen molar-refractivity contribution in [2.45, 2.75) is 45.7 Å². The van der Waals surface area contributed by atoms with Crippen LogP contribution in [0, 0.1) is 6.92 Å². The molecule has 2 aromatic heterocycles. The zero-order chi connectivity index (χ0) is 18.0. The number of carbonyl (C=O) groups is 1. The summed E-state index contributed by atoms with van der Waals surface area (Å²) in [4.78, 5) is 37.6. The Bertz CT molecular complexity index is 830. The van der Waals surface area contributed by atoms with Crippen molar-refractivity contribution in [3.8, 4) is 0 Å². The summed E-state index contributed by atoms with van der Waals surface area (Å²) in [5.41, 5.74) is 1.17. The van der Waals surface area contributed by atoms with Crippen molar-refractivity contribution in [2.24, 2.45) is 0 Å². The third kappa shape index (κ3) is 3.96. The molecule has 0 bridgehead atoms. The molecule has 0 saturated carbocycles. The van der Waals surface area contributed by atoms with E-state index in [4.69, 9.17) is 0 Å². The van der Waals surface area contributed by atoms with Crippen molar-refractivity contribution >= 4 is 17.2 Å². The lowest BCUT2D eigenvalue weighted by molar-refractivity contribution is -0.120. The van der Waals surface area contributed by atoms with Gasteiger partial charge in [-0.15, -0.1) is 11.3 Å². The van der Waals surface area contributed by atoms with Crippen LogP contribution in [0.25, 0.3) is 0 Å². The van der Waals surface area contributed by atoms with Gasteiger partial charge in [0.2, 0.25) is 5.91 Å². The zero-order valence-corrected chi connectivity index (χ0v) is 15.6. The van der Waals surface area contributed by atoms with E-state index in [1.54, 1.807) is 11.3 Å². The summed E-state index contributed by atoms with van der Waals surface area (Å²) >= 11 is 1.58. The Balaban J connectivity index is 1.81.